The molecule has 0 radical (unpaired) electrons. The zero-order valence-electron chi connectivity index (χ0n) is 7.77. The van der Waals surface area contributed by atoms with Gasteiger partial charge in [-0.25, -0.2) is 0 Å². The van der Waals surface area contributed by atoms with Gasteiger partial charge >= 0.3 is 0 Å². The Morgan fingerprint density at radius 2 is 1.82 bits per heavy atom. The molecule has 1 heteroatoms. The molecule has 0 spiro atoms. The third-order valence-corrected chi connectivity index (χ3v) is 2.85. The molecule has 0 aliphatic heterocycles. The summed E-state index contributed by atoms with van der Waals surface area (Å²) < 4.78 is 0. The van der Waals surface area contributed by atoms with Crippen molar-refractivity contribution >= 4 is 0 Å². The van der Waals surface area contributed by atoms with Crippen LogP contribution in [-0.2, 0) is 0 Å². The standard InChI is InChI=1S/C10H20O/c1-9(11)8-10(2)6-4-3-5-7-10/h9,11H,3-8H2,1-2H3/t9-/m1/s1. The van der Waals surface area contributed by atoms with Crippen molar-refractivity contribution in [3.05, 3.63) is 0 Å². The molecule has 1 atom stereocenters. The van der Waals surface area contributed by atoms with E-state index in [0.29, 0.717) is 5.41 Å². The van der Waals surface area contributed by atoms with Crippen molar-refractivity contribution in [1.82, 2.24) is 0 Å². The summed E-state index contributed by atoms with van der Waals surface area (Å²) in [5.74, 6) is 0. The van der Waals surface area contributed by atoms with Crippen molar-refractivity contribution in [2.24, 2.45) is 5.41 Å². The molecule has 1 N–H and O–H groups in total. The molecule has 1 saturated carbocycles. The average Bonchev–Trinajstić information content (AvgIpc) is 1.85. The summed E-state index contributed by atoms with van der Waals surface area (Å²) in [6.07, 6.45) is 7.64. The predicted octanol–water partition coefficient (Wildman–Crippen LogP) is 2.73. The maximum absolute atomic E-state index is 9.27. The Labute approximate surface area is 69.8 Å². The minimum atomic E-state index is -0.113. The van der Waals surface area contributed by atoms with Gasteiger partial charge in [0.25, 0.3) is 0 Å². The molecule has 1 fully saturated rings. The first-order valence-corrected chi connectivity index (χ1v) is 4.80. The second kappa shape index (κ2) is 3.57. The first-order chi connectivity index (χ1) is 5.12. The third kappa shape index (κ3) is 2.82. The van der Waals surface area contributed by atoms with Crippen molar-refractivity contribution < 1.29 is 5.11 Å². The summed E-state index contributed by atoms with van der Waals surface area (Å²) in [6, 6.07) is 0. The Hall–Kier alpha value is -0.0400. The number of hydrogen-bond acceptors (Lipinski definition) is 1. The molecule has 1 aliphatic carbocycles. The Balaban J connectivity index is 2.37. The fourth-order valence-electron chi connectivity index (χ4n) is 2.32. The lowest BCUT2D eigenvalue weighted by atomic mass is 9.72. The van der Waals surface area contributed by atoms with Crippen LogP contribution < -0.4 is 0 Å². The molecule has 0 bridgehead atoms. The van der Waals surface area contributed by atoms with E-state index in [1.165, 1.54) is 32.1 Å². The Morgan fingerprint density at radius 3 is 2.27 bits per heavy atom. The quantitative estimate of drug-likeness (QED) is 0.651. The van der Waals surface area contributed by atoms with E-state index in [1.54, 1.807) is 0 Å². The summed E-state index contributed by atoms with van der Waals surface area (Å²) >= 11 is 0. The van der Waals surface area contributed by atoms with Gasteiger partial charge in [-0.3, -0.25) is 0 Å². The summed E-state index contributed by atoms with van der Waals surface area (Å²) in [5.41, 5.74) is 0.451. The van der Waals surface area contributed by atoms with E-state index in [1.807, 2.05) is 6.92 Å². The maximum atomic E-state index is 9.27. The van der Waals surface area contributed by atoms with E-state index in [9.17, 15) is 5.11 Å². The summed E-state index contributed by atoms with van der Waals surface area (Å²) in [5, 5.41) is 9.27. The van der Waals surface area contributed by atoms with Crippen LogP contribution in [0.4, 0.5) is 0 Å². The third-order valence-electron chi connectivity index (χ3n) is 2.85. The predicted molar refractivity (Wildman–Crippen MR) is 47.5 cm³/mol. The van der Waals surface area contributed by atoms with Crippen LogP contribution in [0.15, 0.2) is 0 Å². The Kier molecular flexibility index (Phi) is 2.94. The smallest absolute Gasteiger partial charge is 0.0517 e. The van der Waals surface area contributed by atoms with Crippen molar-refractivity contribution in [3.8, 4) is 0 Å². The van der Waals surface area contributed by atoms with Gasteiger partial charge in [0.1, 0.15) is 0 Å². The first kappa shape index (κ1) is 9.05. The molecule has 0 aromatic carbocycles. The second-order valence-corrected chi connectivity index (χ2v) is 4.42. The molecule has 0 saturated heterocycles. The minimum absolute atomic E-state index is 0.113. The van der Waals surface area contributed by atoms with Crippen molar-refractivity contribution in [3.63, 3.8) is 0 Å². The van der Waals surface area contributed by atoms with E-state index in [4.69, 9.17) is 0 Å². The molecular formula is C10H20O. The van der Waals surface area contributed by atoms with Crippen LogP contribution >= 0.6 is 0 Å². The van der Waals surface area contributed by atoms with Crippen molar-refractivity contribution in [2.75, 3.05) is 0 Å². The van der Waals surface area contributed by atoms with Crippen LogP contribution in [0.3, 0.4) is 0 Å². The van der Waals surface area contributed by atoms with E-state index in [0.717, 1.165) is 6.42 Å². The highest BCUT2D eigenvalue weighted by Gasteiger charge is 2.27. The number of aliphatic hydroxyl groups excluding tert-OH is 1. The molecule has 66 valence electrons. The van der Waals surface area contributed by atoms with Gasteiger partial charge in [0, 0.05) is 0 Å². The summed E-state index contributed by atoms with van der Waals surface area (Å²) in [4.78, 5) is 0. The molecule has 1 rings (SSSR count). The van der Waals surface area contributed by atoms with Gasteiger partial charge in [-0.15, -0.1) is 0 Å². The topological polar surface area (TPSA) is 20.2 Å². The fourth-order valence-corrected chi connectivity index (χ4v) is 2.32. The average molecular weight is 156 g/mol. The molecule has 0 unspecified atom stereocenters. The van der Waals surface area contributed by atoms with E-state index >= 15 is 0 Å². The lowest BCUT2D eigenvalue weighted by Crippen LogP contribution is -2.24. The first-order valence-electron chi connectivity index (χ1n) is 4.80. The molecule has 0 aromatic heterocycles. The number of hydrogen-bond donors (Lipinski definition) is 1. The number of rotatable bonds is 2. The van der Waals surface area contributed by atoms with Crippen molar-refractivity contribution in [2.45, 2.75) is 58.5 Å². The molecular weight excluding hydrogens is 136 g/mol. The monoisotopic (exact) mass is 156 g/mol. The Bertz CT molecular complexity index is 112. The van der Waals surface area contributed by atoms with Gasteiger partial charge in [0.05, 0.1) is 6.10 Å². The van der Waals surface area contributed by atoms with Gasteiger partial charge in [0.15, 0.2) is 0 Å². The molecule has 0 heterocycles. The van der Waals surface area contributed by atoms with Crippen LogP contribution in [0.2, 0.25) is 0 Å². The van der Waals surface area contributed by atoms with Crippen LogP contribution in [-0.4, -0.2) is 11.2 Å². The fraction of sp³-hybridized carbons (Fsp3) is 1.00. The molecule has 1 nitrogen and oxygen atoms in total. The SMILES string of the molecule is C[C@@H](O)CC1(C)CCCCC1. The van der Waals surface area contributed by atoms with E-state index < -0.39 is 0 Å². The van der Waals surface area contributed by atoms with Gasteiger partial charge in [-0.1, -0.05) is 26.2 Å². The maximum Gasteiger partial charge on any atom is 0.0517 e. The minimum Gasteiger partial charge on any atom is -0.393 e. The molecule has 1 aliphatic rings. The zero-order chi connectivity index (χ0) is 8.32. The van der Waals surface area contributed by atoms with Gasteiger partial charge in [-0.05, 0) is 31.6 Å². The Morgan fingerprint density at radius 1 is 1.27 bits per heavy atom. The largest absolute Gasteiger partial charge is 0.393 e. The highest BCUT2D eigenvalue weighted by atomic mass is 16.3. The molecule has 11 heavy (non-hydrogen) atoms. The van der Waals surface area contributed by atoms with Gasteiger partial charge in [0.2, 0.25) is 0 Å². The van der Waals surface area contributed by atoms with Crippen LogP contribution in [0.5, 0.6) is 0 Å². The lowest BCUT2D eigenvalue weighted by Gasteiger charge is -2.34. The second-order valence-electron chi connectivity index (χ2n) is 4.42. The molecule has 0 aromatic rings. The number of aliphatic hydroxyl groups is 1. The van der Waals surface area contributed by atoms with Crippen LogP contribution in [0, 0.1) is 5.41 Å². The van der Waals surface area contributed by atoms with Crippen LogP contribution in [0.25, 0.3) is 0 Å². The van der Waals surface area contributed by atoms with E-state index in [-0.39, 0.29) is 6.10 Å². The summed E-state index contributed by atoms with van der Waals surface area (Å²) in [7, 11) is 0. The van der Waals surface area contributed by atoms with Crippen LogP contribution in [0.1, 0.15) is 52.4 Å². The normalized spacial score (nSPS) is 26.5. The van der Waals surface area contributed by atoms with E-state index in [2.05, 4.69) is 6.92 Å². The lowest BCUT2D eigenvalue weighted by molar-refractivity contribution is 0.0932. The highest BCUT2D eigenvalue weighted by molar-refractivity contribution is 4.79. The molecule has 0 amide bonds. The highest BCUT2D eigenvalue weighted by Crippen LogP contribution is 2.39. The van der Waals surface area contributed by atoms with Gasteiger partial charge < -0.3 is 5.11 Å². The summed E-state index contributed by atoms with van der Waals surface area (Å²) in [6.45, 7) is 4.22. The van der Waals surface area contributed by atoms with Gasteiger partial charge in [-0.2, -0.15) is 0 Å². The van der Waals surface area contributed by atoms with Crippen molar-refractivity contribution in [1.29, 1.82) is 0 Å². The zero-order valence-corrected chi connectivity index (χ0v) is 7.77.